The molecule has 0 spiro atoms. The van der Waals surface area contributed by atoms with Gasteiger partial charge in [0.1, 0.15) is 0 Å². The predicted octanol–water partition coefficient (Wildman–Crippen LogP) is 1.27. The molecule has 18 heavy (non-hydrogen) atoms. The largest absolute Gasteiger partial charge is 0.330 e. The summed E-state index contributed by atoms with van der Waals surface area (Å²) in [5.41, 5.74) is 6.78. The summed E-state index contributed by atoms with van der Waals surface area (Å²) in [6.07, 6.45) is 2.94. The third-order valence-electron chi connectivity index (χ3n) is 3.67. The van der Waals surface area contributed by atoms with E-state index in [1.165, 1.54) is 0 Å². The number of nitrogens with one attached hydrogen (secondary N) is 1. The number of hydrogen-bond donors (Lipinski definition) is 2. The van der Waals surface area contributed by atoms with Crippen LogP contribution in [-0.4, -0.2) is 21.5 Å². The van der Waals surface area contributed by atoms with Gasteiger partial charge in [0, 0.05) is 6.54 Å². The Bertz CT molecular complexity index is 504. The first-order valence-electron chi connectivity index (χ1n) is 6.30. The maximum absolute atomic E-state index is 12.1. The van der Waals surface area contributed by atoms with E-state index in [4.69, 9.17) is 5.73 Å². The van der Waals surface area contributed by atoms with E-state index < -0.39 is 10.0 Å². The lowest BCUT2D eigenvalue weighted by molar-refractivity contribution is 0.501. The summed E-state index contributed by atoms with van der Waals surface area (Å²) in [4.78, 5) is 0.326. The number of sulfonamides is 1. The lowest BCUT2D eigenvalue weighted by Crippen LogP contribution is -2.33. The third kappa shape index (κ3) is 2.91. The molecule has 3 N–H and O–H groups in total. The molecule has 1 aromatic carbocycles. The summed E-state index contributed by atoms with van der Waals surface area (Å²) < 4.78 is 26.8. The fourth-order valence-corrected chi connectivity index (χ4v) is 3.02. The second kappa shape index (κ2) is 4.99. The number of aryl methyl sites for hydroxylation is 1. The van der Waals surface area contributed by atoms with Gasteiger partial charge in [-0.3, -0.25) is 0 Å². The molecule has 1 aliphatic carbocycles. The van der Waals surface area contributed by atoms with Gasteiger partial charge in [0.05, 0.1) is 4.90 Å². The van der Waals surface area contributed by atoms with Crippen molar-refractivity contribution in [3.63, 3.8) is 0 Å². The van der Waals surface area contributed by atoms with Gasteiger partial charge in [0.2, 0.25) is 10.0 Å². The molecular formula is C13H20N2O2S. The zero-order valence-corrected chi connectivity index (χ0v) is 11.5. The smallest absolute Gasteiger partial charge is 0.240 e. The molecule has 0 aromatic heterocycles. The molecule has 0 atom stereocenters. The van der Waals surface area contributed by atoms with Gasteiger partial charge in [-0.1, -0.05) is 19.1 Å². The van der Waals surface area contributed by atoms with Crippen molar-refractivity contribution in [2.24, 2.45) is 11.1 Å². The van der Waals surface area contributed by atoms with Crippen LogP contribution in [0, 0.1) is 5.41 Å². The maximum atomic E-state index is 12.1. The van der Waals surface area contributed by atoms with Crippen LogP contribution < -0.4 is 10.5 Å². The van der Waals surface area contributed by atoms with E-state index in [0.29, 0.717) is 18.0 Å². The van der Waals surface area contributed by atoms with Crippen molar-refractivity contribution >= 4 is 10.0 Å². The van der Waals surface area contributed by atoms with Gasteiger partial charge in [-0.05, 0) is 48.9 Å². The van der Waals surface area contributed by atoms with E-state index in [0.717, 1.165) is 24.8 Å². The number of benzene rings is 1. The van der Waals surface area contributed by atoms with Crippen LogP contribution in [-0.2, 0) is 16.4 Å². The SMILES string of the molecule is CCc1ccc(S(=O)(=O)NCC2(CN)CC2)cc1. The minimum atomic E-state index is -3.39. The van der Waals surface area contributed by atoms with E-state index in [2.05, 4.69) is 4.72 Å². The van der Waals surface area contributed by atoms with Crippen molar-refractivity contribution in [2.75, 3.05) is 13.1 Å². The van der Waals surface area contributed by atoms with Crippen LogP contribution in [0.1, 0.15) is 25.3 Å². The van der Waals surface area contributed by atoms with Crippen LogP contribution in [0.4, 0.5) is 0 Å². The Morgan fingerprint density at radius 2 is 1.89 bits per heavy atom. The van der Waals surface area contributed by atoms with Gasteiger partial charge in [-0.2, -0.15) is 0 Å². The topological polar surface area (TPSA) is 72.2 Å². The van der Waals surface area contributed by atoms with Crippen LogP contribution in [0.25, 0.3) is 0 Å². The van der Waals surface area contributed by atoms with E-state index >= 15 is 0 Å². The van der Waals surface area contributed by atoms with Gasteiger partial charge >= 0.3 is 0 Å². The monoisotopic (exact) mass is 268 g/mol. The quantitative estimate of drug-likeness (QED) is 0.816. The zero-order valence-electron chi connectivity index (χ0n) is 10.6. The van der Waals surface area contributed by atoms with Crippen LogP contribution in [0.2, 0.25) is 0 Å². The molecule has 0 saturated heterocycles. The van der Waals surface area contributed by atoms with Crippen LogP contribution >= 0.6 is 0 Å². The lowest BCUT2D eigenvalue weighted by Gasteiger charge is -2.13. The average Bonchev–Trinajstić information content (AvgIpc) is 3.17. The first-order chi connectivity index (χ1) is 8.51. The predicted molar refractivity (Wildman–Crippen MR) is 71.7 cm³/mol. The third-order valence-corrected chi connectivity index (χ3v) is 5.09. The van der Waals surface area contributed by atoms with Gasteiger partial charge in [0.15, 0.2) is 0 Å². The lowest BCUT2D eigenvalue weighted by atomic mass is 10.1. The van der Waals surface area contributed by atoms with Crippen molar-refractivity contribution < 1.29 is 8.42 Å². The average molecular weight is 268 g/mol. The van der Waals surface area contributed by atoms with Crippen molar-refractivity contribution in [1.82, 2.24) is 4.72 Å². The van der Waals surface area contributed by atoms with Crippen LogP contribution in [0.5, 0.6) is 0 Å². The summed E-state index contributed by atoms with van der Waals surface area (Å²) in [5, 5.41) is 0. The minimum absolute atomic E-state index is 0.0103. The summed E-state index contributed by atoms with van der Waals surface area (Å²) >= 11 is 0. The molecule has 1 fully saturated rings. The molecule has 100 valence electrons. The molecule has 0 radical (unpaired) electrons. The number of hydrogen-bond acceptors (Lipinski definition) is 3. The zero-order chi connectivity index (χ0) is 13.2. The maximum Gasteiger partial charge on any atom is 0.240 e. The van der Waals surface area contributed by atoms with E-state index in [9.17, 15) is 8.42 Å². The molecular weight excluding hydrogens is 248 g/mol. The summed E-state index contributed by atoms with van der Waals surface area (Å²) in [7, 11) is -3.39. The van der Waals surface area contributed by atoms with Gasteiger partial charge in [-0.25, -0.2) is 13.1 Å². The fraction of sp³-hybridized carbons (Fsp3) is 0.538. The molecule has 0 amide bonds. The molecule has 1 saturated carbocycles. The molecule has 1 aromatic rings. The Hall–Kier alpha value is -0.910. The Balaban J connectivity index is 2.05. The molecule has 0 heterocycles. The summed E-state index contributed by atoms with van der Waals surface area (Å²) in [5.74, 6) is 0. The Morgan fingerprint density at radius 1 is 1.28 bits per heavy atom. The molecule has 0 unspecified atom stereocenters. The van der Waals surface area contributed by atoms with Gasteiger partial charge in [0.25, 0.3) is 0 Å². The first-order valence-corrected chi connectivity index (χ1v) is 7.78. The molecule has 0 aliphatic heterocycles. The molecule has 1 aliphatic rings. The van der Waals surface area contributed by atoms with Crippen LogP contribution in [0.3, 0.4) is 0 Å². The van der Waals surface area contributed by atoms with E-state index in [1.54, 1.807) is 12.1 Å². The second-order valence-electron chi connectivity index (χ2n) is 5.03. The molecule has 0 bridgehead atoms. The van der Waals surface area contributed by atoms with Crippen molar-refractivity contribution in [3.8, 4) is 0 Å². The Morgan fingerprint density at radius 3 is 2.33 bits per heavy atom. The molecule has 5 heteroatoms. The van der Waals surface area contributed by atoms with Crippen molar-refractivity contribution in [2.45, 2.75) is 31.1 Å². The molecule has 4 nitrogen and oxygen atoms in total. The number of nitrogens with two attached hydrogens (primary N) is 1. The fourth-order valence-electron chi connectivity index (χ4n) is 1.87. The highest BCUT2D eigenvalue weighted by molar-refractivity contribution is 7.89. The Labute approximate surface area is 109 Å². The van der Waals surface area contributed by atoms with Crippen molar-refractivity contribution in [3.05, 3.63) is 29.8 Å². The van der Waals surface area contributed by atoms with Crippen molar-refractivity contribution in [1.29, 1.82) is 0 Å². The minimum Gasteiger partial charge on any atom is -0.330 e. The normalized spacial score (nSPS) is 17.7. The van der Waals surface area contributed by atoms with Gasteiger partial charge < -0.3 is 5.73 Å². The first kappa shape index (κ1) is 13.5. The van der Waals surface area contributed by atoms with E-state index in [-0.39, 0.29) is 5.41 Å². The molecule has 2 rings (SSSR count). The van der Waals surface area contributed by atoms with Crippen LogP contribution in [0.15, 0.2) is 29.2 Å². The highest BCUT2D eigenvalue weighted by Gasteiger charge is 2.41. The summed E-state index contributed by atoms with van der Waals surface area (Å²) in [6.45, 7) is 3.03. The second-order valence-corrected chi connectivity index (χ2v) is 6.79. The Kier molecular flexibility index (Phi) is 3.75. The van der Waals surface area contributed by atoms with E-state index in [1.807, 2.05) is 19.1 Å². The highest BCUT2D eigenvalue weighted by Crippen LogP contribution is 2.43. The van der Waals surface area contributed by atoms with Gasteiger partial charge in [-0.15, -0.1) is 0 Å². The number of rotatable bonds is 6. The summed E-state index contributed by atoms with van der Waals surface area (Å²) in [6, 6.07) is 7.02. The highest BCUT2D eigenvalue weighted by atomic mass is 32.2. The standard InChI is InChI=1S/C13H20N2O2S/c1-2-11-3-5-12(6-4-11)18(16,17)15-10-13(9-14)7-8-13/h3-6,15H,2,7-10,14H2,1H3.